The van der Waals surface area contributed by atoms with Crippen LogP contribution in [0.1, 0.15) is 17.3 Å². The molecule has 1 aromatic heterocycles. The van der Waals surface area contributed by atoms with Crippen molar-refractivity contribution in [2.24, 2.45) is 0 Å². The third-order valence-corrected chi connectivity index (χ3v) is 3.17. The third kappa shape index (κ3) is 3.04. The van der Waals surface area contributed by atoms with Crippen molar-refractivity contribution < 1.29 is 14.0 Å². The fraction of sp³-hybridized carbons (Fsp3) is 0.462. The van der Waals surface area contributed by atoms with Crippen LogP contribution < -0.4 is 5.32 Å². The molecule has 0 aromatic carbocycles. The average molecular weight is 280 g/mol. The Morgan fingerprint density at radius 3 is 2.55 bits per heavy atom. The van der Waals surface area contributed by atoms with Gasteiger partial charge in [0.05, 0.1) is 5.56 Å². The zero-order chi connectivity index (χ0) is 14.5. The Bertz CT molecular complexity index is 501. The van der Waals surface area contributed by atoms with Crippen molar-refractivity contribution in [2.75, 3.05) is 32.7 Å². The molecule has 1 fully saturated rings. The molecule has 0 spiro atoms. The Morgan fingerprint density at radius 2 is 1.95 bits per heavy atom. The van der Waals surface area contributed by atoms with Gasteiger partial charge < -0.3 is 15.1 Å². The predicted octanol–water partition coefficient (Wildman–Crippen LogP) is 0.708. The van der Waals surface area contributed by atoms with Crippen LogP contribution in [-0.2, 0) is 0 Å². The molecule has 7 heteroatoms. The summed E-state index contributed by atoms with van der Waals surface area (Å²) in [5.41, 5.74) is -0.0287. The first-order valence-electron chi connectivity index (χ1n) is 6.56. The van der Waals surface area contributed by atoms with Gasteiger partial charge in [-0.1, -0.05) is 0 Å². The molecule has 1 aliphatic rings. The van der Waals surface area contributed by atoms with Crippen LogP contribution in [0.4, 0.5) is 9.18 Å². The summed E-state index contributed by atoms with van der Waals surface area (Å²) in [6.07, 6.45) is 1.30. The number of carbonyl (C=O) groups excluding carboxylic acids is 2. The van der Waals surface area contributed by atoms with Crippen molar-refractivity contribution >= 4 is 11.9 Å². The molecule has 0 saturated carbocycles. The van der Waals surface area contributed by atoms with Gasteiger partial charge in [0.25, 0.3) is 5.91 Å². The molecule has 0 aliphatic carbocycles. The summed E-state index contributed by atoms with van der Waals surface area (Å²) in [5, 5.41) is 2.71. The van der Waals surface area contributed by atoms with E-state index in [1.165, 1.54) is 23.2 Å². The maximum Gasteiger partial charge on any atom is 0.317 e. The summed E-state index contributed by atoms with van der Waals surface area (Å²) in [6, 6.07) is 2.81. The van der Waals surface area contributed by atoms with Crippen LogP contribution in [0.2, 0.25) is 0 Å². The summed E-state index contributed by atoms with van der Waals surface area (Å²) in [5.74, 6) is -1.14. The van der Waals surface area contributed by atoms with Gasteiger partial charge in [0.2, 0.25) is 5.95 Å². The van der Waals surface area contributed by atoms with Crippen molar-refractivity contribution in [1.29, 1.82) is 0 Å². The largest absolute Gasteiger partial charge is 0.338 e. The number of halogens is 1. The molecule has 1 saturated heterocycles. The fourth-order valence-electron chi connectivity index (χ4n) is 2.09. The summed E-state index contributed by atoms with van der Waals surface area (Å²) in [4.78, 5) is 30.4. The molecule has 108 valence electrons. The van der Waals surface area contributed by atoms with Crippen LogP contribution in [0.3, 0.4) is 0 Å². The monoisotopic (exact) mass is 280 g/mol. The number of piperazine rings is 1. The fourth-order valence-corrected chi connectivity index (χ4v) is 2.09. The zero-order valence-corrected chi connectivity index (χ0v) is 11.3. The quantitative estimate of drug-likeness (QED) is 0.811. The van der Waals surface area contributed by atoms with E-state index in [2.05, 4.69) is 10.3 Å². The minimum Gasteiger partial charge on any atom is -0.338 e. The van der Waals surface area contributed by atoms with Gasteiger partial charge in [-0.2, -0.15) is 4.39 Å². The molecule has 3 amide bonds. The van der Waals surface area contributed by atoms with Gasteiger partial charge >= 0.3 is 6.03 Å². The Hall–Kier alpha value is -2.18. The summed E-state index contributed by atoms with van der Waals surface area (Å²) < 4.78 is 13.5. The topological polar surface area (TPSA) is 65.5 Å². The van der Waals surface area contributed by atoms with E-state index in [0.717, 1.165) is 0 Å². The van der Waals surface area contributed by atoms with Crippen LogP contribution in [0.15, 0.2) is 18.3 Å². The molecule has 2 rings (SSSR count). The first-order chi connectivity index (χ1) is 9.63. The average Bonchev–Trinajstić information content (AvgIpc) is 2.47. The van der Waals surface area contributed by atoms with Gasteiger partial charge in [0, 0.05) is 38.9 Å². The lowest BCUT2D eigenvalue weighted by atomic mass is 10.2. The van der Waals surface area contributed by atoms with Crippen molar-refractivity contribution in [3.63, 3.8) is 0 Å². The lowest BCUT2D eigenvalue weighted by molar-refractivity contribution is 0.0659. The number of pyridine rings is 1. The lowest BCUT2D eigenvalue weighted by Gasteiger charge is -2.34. The molecule has 1 N–H and O–H groups in total. The Labute approximate surface area is 116 Å². The Morgan fingerprint density at radius 1 is 1.30 bits per heavy atom. The molecule has 0 bridgehead atoms. The van der Waals surface area contributed by atoms with Gasteiger partial charge in [0.15, 0.2) is 0 Å². The second-order valence-corrected chi connectivity index (χ2v) is 4.46. The number of hydrogen-bond donors (Lipinski definition) is 1. The number of carbonyl (C=O) groups is 2. The molecule has 0 unspecified atom stereocenters. The minimum absolute atomic E-state index is 0.0287. The number of urea groups is 1. The highest BCUT2D eigenvalue weighted by atomic mass is 19.1. The number of nitrogens with one attached hydrogen (secondary N) is 1. The van der Waals surface area contributed by atoms with Crippen molar-refractivity contribution in [1.82, 2.24) is 20.1 Å². The Kier molecular flexibility index (Phi) is 4.49. The van der Waals surface area contributed by atoms with Gasteiger partial charge in [0.1, 0.15) is 0 Å². The SMILES string of the molecule is CCNC(=O)N1CCN(C(=O)c2cccnc2F)CC1. The van der Waals surface area contributed by atoms with E-state index in [1.807, 2.05) is 6.92 Å². The molecule has 6 nitrogen and oxygen atoms in total. The highest BCUT2D eigenvalue weighted by molar-refractivity contribution is 5.94. The van der Waals surface area contributed by atoms with Crippen LogP contribution in [0, 0.1) is 5.95 Å². The number of amides is 3. The maximum absolute atomic E-state index is 13.5. The van der Waals surface area contributed by atoms with E-state index < -0.39 is 5.95 Å². The smallest absolute Gasteiger partial charge is 0.317 e. The van der Waals surface area contributed by atoms with Crippen molar-refractivity contribution in [3.8, 4) is 0 Å². The molecule has 20 heavy (non-hydrogen) atoms. The van der Waals surface area contributed by atoms with E-state index in [4.69, 9.17) is 0 Å². The summed E-state index contributed by atoms with van der Waals surface area (Å²) >= 11 is 0. The van der Waals surface area contributed by atoms with E-state index in [9.17, 15) is 14.0 Å². The Balaban J connectivity index is 1.96. The second-order valence-electron chi connectivity index (χ2n) is 4.46. The first kappa shape index (κ1) is 14.2. The number of aromatic nitrogens is 1. The zero-order valence-electron chi connectivity index (χ0n) is 11.3. The van der Waals surface area contributed by atoms with Crippen molar-refractivity contribution in [2.45, 2.75) is 6.92 Å². The van der Waals surface area contributed by atoms with E-state index >= 15 is 0 Å². The van der Waals surface area contributed by atoms with Gasteiger partial charge in [-0.05, 0) is 19.1 Å². The van der Waals surface area contributed by atoms with Gasteiger partial charge in [-0.15, -0.1) is 0 Å². The second kappa shape index (κ2) is 6.31. The predicted molar refractivity (Wildman–Crippen MR) is 70.7 cm³/mol. The standard InChI is InChI=1S/C13H17FN4O2/c1-2-15-13(20)18-8-6-17(7-9-18)12(19)10-4-3-5-16-11(10)14/h3-5H,2,6-9H2,1H3,(H,15,20). The number of nitrogens with zero attached hydrogens (tertiary/aromatic N) is 3. The van der Waals surface area contributed by atoms with Crippen LogP contribution in [-0.4, -0.2) is 59.4 Å². The molecule has 2 heterocycles. The van der Waals surface area contributed by atoms with Crippen LogP contribution in [0.5, 0.6) is 0 Å². The van der Waals surface area contributed by atoms with Crippen LogP contribution >= 0.6 is 0 Å². The molecule has 0 radical (unpaired) electrons. The summed E-state index contributed by atoms with van der Waals surface area (Å²) in [7, 11) is 0. The van der Waals surface area contributed by atoms with E-state index in [-0.39, 0.29) is 17.5 Å². The van der Waals surface area contributed by atoms with E-state index in [1.54, 1.807) is 4.90 Å². The minimum atomic E-state index is -0.761. The highest BCUT2D eigenvalue weighted by Crippen LogP contribution is 2.10. The first-order valence-corrected chi connectivity index (χ1v) is 6.56. The summed E-state index contributed by atoms with van der Waals surface area (Å²) in [6.45, 7) is 4.09. The number of rotatable bonds is 2. The lowest BCUT2D eigenvalue weighted by Crippen LogP contribution is -2.53. The maximum atomic E-state index is 13.5. The normalized spacial score (nSPS) is 15.1. The number of hydrogen-bond acceptors (Lipinski definition) is 3. The highest BCUT2D eigenvalue weighted by Gasteiger charge is 2.26. The van der Waals surface area contributed by atoms with Crippen LogP contribution in [0.25, 0.3) is 0 Å². The van der Waals surface area contributed by atoms with Gasteiger partial charge in [-0.25, -0.2) is 9.78 Å². The molecular formula is C13H17FN4O2. The molecule has 1 aliphatic heterocycles. The van der Waals surface area contributed by atoms with Crippen molar-refractivity contribution in [3.05, 3.63) is 29.8 Å². The molecular weight excluding hydrogens is 263 g/mol. The molecule has 0 atom stereocenters. The molecule has 1 aromatic rings. The third-order valence-electron chi connectivity index (χ3n) is 3.17. The van der Waals surface area contributed by atoms with E-state index in [0.29, 0.717) is 32.7 Å². The van der Waals surface area contributed by atoms with Gasteiger partial charge in [-0.3, -0.25) is 4.79 Å².